The van der Waals surface area contributed by atoms with Crippen LogP contribution in [0.5, 0.6) is 0 Å². The molecule has 2 aliphatic rings. The lowest BCUT2D eigenvalue weighted by molar-refractivity contribution is 0.153. The summed E-state index contributed by atoms with van der Waals surface area (Å²) >= 11 is 0. The summed E-state index contributed by atoms with van der Waals surface area (Å²) in [5.41, 5.74) is 0. The van der Waals surface area contributed by atoms with Crippen molar-refractivity contribution >= 4 is 6.03 Å². The summed E-state index contributed by atoms with van der Waals surface area (Å²) in [7, 11) is 0. The Morgan fingerprint density at radius 3 is 2.70 bits per heavy atom. The number of carbonyl (C=O) groups excluding carboxylic acids is 1. The molecule has 7 nitrogen and oxygen atoms in total. The number of hydrogen-bond acceptors (Lipinski definition) is 5. The van der Waals surface area contributed by atoms with E-state index in [1.54, 1.807) is 6.92 Å². The molecule has 1 aliphatic heterocycles. The van der Waals surface area contributed by atoms with E-state index in [1.165, 1.54) is 12.8 Å². The van der Waals surface area contributed by atoms with Gasteiger partial charge < -0.3 is 15.7 Å². The number of urea groups is 1. The Morgan fingerprint density at radius 2 is 2.00 bits per heavy atom. The molecule has 0 aromatic rings. The van der Waals surface area contributed by atoms with Crippen LogP contribution < -0.4 is 26.6 Å². The fourth-order valence-corrected chi connectivity index (χ4v) is 3.49. The molecule has 6 N–H and O–H groups in total. The molecular formula is C16H33N5O2. The molecular weight excluding hydrogens is 294 g/mol. The minimum atomic E-state index is -0.384. The predicted octanol–water partition coefficient (Wildman–Crippen LogP) is 0.416. The minimum absolute atomic E-state index is 0.0702. The second-order valence-corrected chi connectivity index (χ2v) is 7.30. The maximum absolute atomic E-state index is 12.2. The van der Waals surface area contributed by atoms with Gasteiger partial charge in [-0.25, -0.2) is 4.79 Å². The van der Waals surface area contributed by atoms with Crippen LogP contribution in [-0.4, -0.2) is 48.3 Å². The highest BCUT2D eigenvalue weighted by molar-refractivity contribution is 5.74. The molecule has 2 rings (SSSR count). The first kappa shape index (κ1) is 18.4. The summed E-state index contributed by atoms with van der Waals surface area (Å²) in [5, 5.41) is 25.3. The highest BCUT2D eigenvalue weighted by atomic mass is 16.3. The lowest BCUT2D eigenvalue weighted by Gasteiger charge is -2.37. The van der Waals surface area contributed by atoms with E-state index in [0.717, 1.165) is 19.3 Å². The fraction of sp³-hybridized carbons (Fsp3) is 0.938. The van der Waals surface area contributed by atoms with Gasteiger partial charge in [-0.15, -0.1) is 0 Å². The molecule has 2 fully saturated rings. The molecule has 134 valence electrons. The van der Waals surface area contributed by atoms with Gasteiger partial charge in [0.15, 0.2) is 0 Å². The van der Waals surface area contributed by atoms with Gasteiger partial charge in [-0.1, -0.05) is 19.8 Å². The van der Waals surface area contributed by atoms with Crippen molar-refractivity contribution in [2.45, 2.75) is 83.5 Å². The fourth-order valence-electron chi connectivity index (χ4n) is 3.49. The molecule has 0 aromatic heterocycles. The molecule has 6 atom stereocenters. The molecule has 0 radical (unpaired) electrons. The second kappa shape index (κ2) is 8.82. The van der Waals surface area contributed by atoms with E-state index in [1.807, 2.05) is 0 Å². The van der Waals surface area contributed by atoms with Gasteiger partial charge in [0.2, 0.25) is 0 Å². The van der Waals surface area contributed by atoms with Crippen molar-refractivity contribution < 1.29 is 9.90 Å². The number of hydrogen-bond donors (Lipinski definition) is 6. The summed E-state index contributed by atoms with van der Waals surface area (Å²) in [6.07, 6.45) is 4.89. The molecule has 0 bridgehead atoms. The molecule has 2 amide bonds. The van der Waals surface area contributed by atoms with Crippen molar-refractivity contribution in [3.05, 3.63) is 0 Å². The van der Waals surface area contributed by atoms with Gasteiger partial charge in [-0.3, -0.25) is 16.0 Å². The van der Waals surface area contributed by atoms with Crippen LogP contribution in [0.4, 0.5) is 4.79 Å². The normalized spacial score (nSPS) is 36.3. The average Bonchev–Trinajstić information content (AvgIpc) is 2.44. The van der Waals surface area contributed by atoms with Crippen LogP contribution in [0.3, 0.4) is 0 Å². The first-order valence-corrected chi connectivity index (χ1v) is 8.93. The topological polar surface area (TPSA) is 97.5 Å². The molecule has 1 aliphatic carbocycles. The molecule has 0 spiro atoms. The quantitative estimate of drug-likeness (QED) is 0.440. The zero-order valence-electron chi connectivity index (χ0n) is 14.6. The van der Waals surface area contributed by atoms with Crippen LogP contribution in [-0.2, 0) is 0 Å². The van der Waals surface area contributed by atoms with Crippen LogP contribution in [0.1, 0.15) is 52.9 Å². The third-order valence-corrected chi connectivity index (χ3v) is 4.61. The van der Waals surface area contributed by atoms with Gasteiger partial charge in [0.25, 0.3) is 0 Å². The SMILES string of the molecule is CC(O)CNC1CC(C)NC(NC(=O)NC2CCCC(C)C2)N1. The number of nitrogens with one attached hydrogen (secondary N) is 5. The van der Waals surface area contributed by atoms with Gasteiger partial charge >= 0.3 is 6.03 Å². The van der Waals surface area contributed by atoms with Crippen molar-refractivity contribution in [3.8, 4) is 0 Å². The van der Waals surface area contributed by atoms with Crippen molar-refractivity contribution in [2.24, 2.45) is 5.92 Å². The van der Waals surface area contributed by atoms with Gasteiger partial charge in [0.05, 0.1) is 12.3 Å². The highest BCUT2D eigenvalue weighted by Gasteiger charge is 2.27. The lowest BCUT2D eigenvalue weighted by atomic mass is 9.87. The van der Waals surface area contributed by atoms with E-state index >= 15 is 0 Å². The molecule has 23 heavy (non-hydrogen) atoms. The molecule has 1 heterocycles. The molecule has 1 saturated heterocycles. The number of rotatable bonds is 5. The summed E-state index contributed by atoms with van der Waals surface area (Å²) in [4.78, 5) is 12.2. The zero-order chi connectivity index (χ0) is 16.8. The third kappa shape index (κ3) is 6.63. The number of aliphatic hydroxyl groups is 1. The van der Waals surface area contributed by atoms with E-state index in [2.05, 4.69) is 40.4 Å². The number of aliphatic hydroxyl groups excluding tert-OH is 1. The molecule has 0 aromatic carbocycles. The monoisotopic (exact) mass is 327 g/mol. The van der Waals surface area contributed by atoms with Gasteiger partial charge in [-0.2, -0.15) is 0 Å². The average molecular weight is 327 g/mol. The second-order valence-electron chi connectivity index (χ2n) is 7.30. The van der Waals surface area contributed by atoms with Gasteiger partial charge in [0, 0.05) is 18.6 Å². The van der Waals surface area contributed by atoms with E-state index < -0.39 is 0 Å². The van der Waals surface area contributed by atoms with Crippen molar-refractivity contribution in [2.75, 3.05) is 6.54 Å². The Labute approximate surface area is 139 Å². The van der Waals surface area contributed by atoms with Gasteiger partial charge in [0.1, 0.15) is 6.29 Å². The Balaban J connectivity index is 1.75. The van der Waals surface area contributed by atoms with Crippen LogP contribution in [0.25, 0.3) is 0 Å². The maximum Gasteiger partial charge on any atom is 0.317 e. The Hall–Kier alpha value is -0.890. The Kier molecular flexibility index (Phi) is 7.08. The first-order valence-electron chi connectivity index (χ1n) is 8.93. The van der Waals surface area contributed by atoms with E-state index in [9.17, 15) is 9.90 Å². The molecule has 7 heteroatoms. The Bertz CT molecular complexity index is 379. The highest BCUT2D eigenvalue weighted by Crippen LogP contribution is 2.23. The lowest BCUT2D eigenvalue weighted by Crippen LogP contribution is -2.68. The largest absolute Gasteiger partial charge is 0.392 e. The molecule has 1 saturated carbocycles. The summed E-state index contributed by atoms with van der Waals surface area (Å²) < 4.78 is 0. The third-order valence-electron chi connectivity index (χ3n) is 4.61. The smallest absolute Gasteiger partial charge is 0.317 e. The zero-order valence-corrected chi connectivity index (χ0v) is 14.6. The van der Waals surface area contributed by atoms with Crippen LogP contribution in [0.2, 0.25) is 0 Å². The van der Waals surface area contributed by atoms with Crippen LogP contribution in [0.15, 0.2) is 0 Å². The summed E-state index contributed by atoms with van der Waals surface area (Å²) in [6.45, 7) is 6.62. The summed E-state index contributed by atoms with van der Waals surface area (Å²) in [5.74, 6) is 0.689. The van der Waals surface area contributed by atoms with Crippen LogP contribution >= 0.6 is 0 Å². The standard InChI is InChI=1S/C16H33N5O2/c1-10-5-4-6-13(7-10)19-16(23)21-15-18-11(2)8-14(20-15)17-9-12(3)22/h10-15,17-18,20,22H,4-9H2,1-3H3,(H2,19,21,23). The van der Waals surface area contributed by atoms with Crippen LogP contribution in [0, 0.1) is 5.92 Å². The Morgan fingerprint density at radius 1 is 1.22 bits per heavy atom. The van der Waals surface area contributed by atoms with Crippen molar-refractivity contribution in [1.82, 2.24) is 26.6 Å². The van der Waals surface area contributed by atoms with Crippen molar-refractivity contribution in [3.63, 3.8) is 0 Å². The maximum atomic E-state index is 12.2. The number of amides is 2. The minimum Gasteiger partial charge on any atom is -0.392 e. The van der Waals surface area contributed by atoms with Gasteiger partial charge in [-0.05, 0) is 39.0 Å². The number of carbonyl (C=O) groups is 1. The van der Waals surface area contributed by atoms with E-state index in [0.29, 0.717) is 12.5 Å². The van der Waals surface area contributed by atoms with E-state index in [4.69, 9.17) is 0 Å². The first-order chi connectivity index (χ1) is 10.9. The predicted molar refractivity (Wildman–Crippen MR) is 90.7 cm³/mol. The van der Waals surface area contributed by atoms with Crippen molar-refractivity contribution in [1.29, 1.82) is 0 Å². The molecule has 6 unspecified atom stereocenters. The summed E-state index contributed by atoms with van der Waals surface area (Å²) in [6, 6.07) is 0.434. The van der Waals surface area contributed by atoms with E-state index in [-0.39, 0.29) is 36.7 Å².